The molecule has 5 nitrogen and oxygen atoms in total. The van der Waals surface area contributed by atoms with Gasteiger partial charge in [0.2, 0.25) is 0 Å². The summed E-state index contributed by atoms with van der Waals surface area (Å²) in [6.07, 6.45) is -4.84. The predicted octanol–water partition coefficient (Wildman–Crippen LogP) is 1.81. The van der Waals surface area contributed by atoms with Crippen LogP contribution in [0.2, 0.25) is 0 Å². The third-order valence-electron chi connectivity index (χ3n) is 3.90. The quantitative estimate of drug-likeness (QED) is 0.884. The van der Waals surface area contributed by atoms with Gasteiger partial charge in [0.15, 0.2) is 0 Å². The van der Waals surface area contributed by atoms with E-state index in [0.29, 0.717) is 6.54 Å². The number of carbonyl (C=O) groups is 1. The number of hydrogen-bond donors (Lipinski definition) is 1. The Hall–Kier alpha value is -1.80. The molecule has 1 heterocycles. The average Bonchev–Trinajstić information content (AvgIpc) is 2.76. The number of nitrogens with zero attached hydrogens (tertiary/aromatic N) is 2. The first-order valence-corrected chi connectivity index (χ1v) is 7.64. The Balaban J connectivity index is 2.12. The lowest BCUT2D eigenvalue weighted by molar-refractivity contribution is -0.274. The van der Waals surface area contributed by atoms with Crippen LogP contribution in [0.25, 0.3) is 0 Å². The number of amides is 1. The van der Waals surface area contributed by atoms with Gasteiger partial charge in [-0.3, -0.25) is 4.79 Å². The normalized spacial score (nSPS) is 22.0. The molecule has 0 saturated carbocycles. The van der Waals surface area contributed by atoms with Crippen molar-refractivity contribution in [3.8, 4) is 5.75 Å². The van der Waals surface area contributed by atoms with Gasteiger partial charge in [-0.15, -0.1) is 13.2 Å². The zero-order chi connectivity index (χ0) is 17.9. The minimum atomic E-state index is -4.84. The Bertz CT molecular complexity index is 578. The van der Waals surface area contributed by atoms with Gasteiger partial charge in [0.1, 0.15) is 5.75 Å². The van der Waals surface area contributed by atoms with E-state index in [2.05, 4.69) is 15.0 Å². The molecule has 2 rings (SSSR count). The SMILES string of the molecule is CN(C)C[C@@H]1CN(C)C[C@H]1NC(=O)c1ccccc1OC(F)(F)F. The molecular formula is C16H22F3N3O2. The van der Waals surface area contributed by atoms with E-state index in [4.69, 9.17) is 0 Å². The van der Waals surface area contributed by atoms with Crippen LogP contribution in [0.4, 0.5) is 13.2 Å². The van der Waals surface area contributed by atoms with E-state index in [1.807, 2.05) is 26.0 Å². The molecule has 0 radical (unpaired) electrons. The molecule has 1 aromatic carbocycles. The van der Waals surface area contributed by atoms with Gasteiger partial charge in [0, 0.05) is 31.6 Å². The van der Waals surface area contributed by atoms with Gasteiger partial charge < -0.3 is 19.9 Å². The summed E-state index contributed by atoms with van der Waals surface area (Å²) in [5.74, 6) is -0.832. The number of ether oxygens (including phenoxy) is 1. The topological polar surface area (TPSA) is 44.8 Å². The minimum absolute atomic E-state index is 0.118. The first kappa shape index (κ1) is 18.5. The lowest BCUT2D eigenvalue weighted by Crippen LogP contribution is -2.43. The van der Waals surface area contributed by atoms with E-state index < -0.39 is 18.0 Å². The molecule has 24 heavy (non-hydrogen) atoms. The lowest BCUT2D eigenvalue weighted by Gasteiger charge is -2.23. The molecule has 0 aliphatic carbocycles. The fraction of sp³-hybridized carbons (Fsp3) is 0.562. The Morgan fingerprint density at radius 3 is 2.62 bits per heavy atom. The fourth-order valence-corrected chi connectivity index (χ4v) is 3.02. The van der Waals surface area contributed by atoms with Gasteiger partial charge in [-0.05, 0) is 33.3 Å². The van der Waals surface area contributed by atoms with E-state index in [9.17, 15) is 18.0 Å². The molecule has 8 heteroatoms. The van der Waals surface area contributed by atoms with Crippen LogP contribution in [0.3, 0.4) is 0 Å². The van der Waals surface area contributed by atoms with Crippen molar-refractivity contribution in [1.29, 1.82) is 0 Å². The molecule has 1 aliphatic rings. The number of likely N-dealkylation sites (N-methyl/N-ethyl adjacent to an activating group) is 1. The van der Waals surface area contributed by atoms with Gasteiger partial charge in [-0.2, -0.15) is 0 Å². The molecule has 1 saturated heterocycles. The number of halogens is 3. The number of para-hydroxylation sites is 1. The fourth-order valence-electron chi connectivity index (χ4n) is 3.02. The largest absolute Gasteiger partial charge is 0.573 e. The Morgan fingerprint density at radius 1 is 1.33 bits per heavy atom. The van der Waals surface area contributed by atoms with Gasteiger partial charge in [-0.25, -0.2) is 0 Å². The van der Waals surface area contributed by atoms with E-state index in [0.717, 1.165) is 19.2 Å². The third-order valence-corrected chi connectivity index (χ3v) is 3.90. The van der Waals surface area contributed by atoms with Crippen LogP contribution in [0, 0.1) is 5.92 Å². The Kier molecular flexibility index (Phi) is 5.71. The Morgan fingerprint density at radius 2 is 2.00 bits per heavy atom. The summed E-state index contributed by atoms with van der Waals surface area (Å²) in [6.45, 7) is 2.27. The number of rotatable bonds is 5. The summed E-state index contributed by atoms with van der Waals surface area (Å²) in [5, 5.41) is 2.85. The molecule has 0 spiro atoms. The lowest BCUT2D eigenvalue weighted by atomic mass is 10.0. The molecule has 2 atom stereocenters. The predicted molar refractivity (Wildman–Crippen MR) is 83.9 cm³/mol. The first-order chi connectivity index (χ1) is 11.2. The monoisotopic (exact) mass is 345 g/mol. The zero-order valence-corrected chi connectivity index (χ0v) is 13.9. The number of carbonyl (C=O) groups excluding carboxylic acids is 1. The molecule has 1 amide bonds. The summed E-state index contributed by atoms with van der Waals surface area (Å²) in [7, 11) is 5.85. The zero-order valence-electron chi connectivity index (χ0n) is 13.9. The van der Waals surface area contributed by atoms with E-state index in [1.165, 1.54) is 18.2 Å². The number of likely N-dealkylation sites (tertiary alicyclic amines) is 1. The van der Waals surface area contributed by atoms with Crippen molar-refractivity contribution in [2.24, 2.45) is 5.92 Å². The van der Waals surface area contributed by atoms with Crippen LogP contribution >= 0.6 is 0 Å². The minimum Gasteiger partial charge on any atom is -0.405 e. The van der Waals surface area contributed by atoms with Crippen LogP contribution in [0.5, 0.6) is 5.75 Å². The van der Waals surface area contributed by atoms with Crippen LogP contribution in [-0.2, 0) is 0 Å². The maximum Gasteiger partial charge on any atom is 0.573 e. The highest BCUT2D eigenvalue weighted by Gasteiger charge is 2.35. The first-order valence-electron chi connectivity index (χ1n) is 7.64. The Labute approximate surface area is 139 Å². The molecule has 134 valence electrons. The number of benzene rings is 1. The molecule has 0 unspecified atom stereocenters. The van der Waals surface area contributed by atoms with Crippen molar-refractivity contribution >= 4 is 5.91 Å². The van der Waals surface area contributed by atoms with Crippen LogP contribution in [0.1, 0.15) is 10.4 Å². The highest BCUT2D eigenvalue weighted by atomic mass is 19.4. The van der Waals surface area contributed by atoms with E-state index in [-0.39, 0.29) is 17.5 Å². The van der Waals surface area contributed by atoms with Crippen molar-refractivity contribution in [3.63, 3.8) is 0 Å². The summed E-state index contributed by atoms with van der Waals surface area (Å²) in [6, 6.07) is 5.26. The number of hydrogen-bond acceptors (Lipinski definition) is 4. The van der Waals surface area contributed by atoms with Crippen LogP contribution in [0.15, 0.2) is 24.3 Å². The summed E-state index contributed by atoms with van der Waals surface area (Å²) >= 11 is 0. The van der Waals surface area contributed by atoms with Crippen molar-refractivity contribution in [2.45, 2.75) is 12.4 Å². The van der Waals surface area contributed by atoms with Crippen molar-refractivity contribution < 1.29 is 22.7 Å². The second-order valence-corrected chi connectivity index (χ2v) is 6.37. The van der Waals surface area contributed by atoms with Gasteiger partial charge in [0.25, 0.3) is 5.91 Å². The van der Waals surface area contributed by atoms with E-state index >= 15 is 0 Å². The van der Waals surface area contributed by atoms with Gasteiger partial charge >= 0.3 is 6.36 Å². The van der Waals surface area contributed by atoms with E-state index in [1.54, 1.807) is 0 Å². The highest BCUT2D eigenvalue weighted by Crippen LogP contribution is 2.26. The third kappa shape index (κ3) is 5.10. The molecular weight excluding hydrogens is 323 g/mol. The van der Waals surface area contributed by atoms with Gasteiger partial charge in [0.05, 0.1) is 5.56 Å². The van der Waals surface area contributed by atoms with Crippen LogP contribution < -0.4 is 10.1 Å². The van der Waals surface area contributed by atoms with Crippen molar-refractivity contribution in [3.05, 3.63) is 29.8 Å². The van der Waals surface area contributed by atoms with Crippen molar-refractivity contribution in [2.75, 3.05) is 40.8 Å². The van der Waals surface area contributed by atoms with Crippen LogP contribution in [-0.4, -0.2) is 68.9 Å². The average molecular weight is 345 g/mol. The molecule has 1 aliphatic heterocycles. The van der Waals surface area contributed by atoms with Crippen molar-refractivity contribution in [1.82, 2.24) is 15.1 Å². The molecule has 1 aromatic rings. The summed E-state index contributed by atoms with van der Waals surface area (Å²) < 4.78 is 41.4. The standard InChI is InChI=1S/C16H22F3N3O2/c1-21(2)8-11-9-22(3)10-13(11)20-15(23)12-6-4-5-7-14(12)24-16(17,18)19/h4-7,11,13H,8-10H2,1-3H3,(H,20,23)/t11-,13-/m1/s1. The summed E-state index contributed by atoms with van der Waals surface area (Å²) in [4.78, 5) is 16.6. The highest BCUT2D eigenvalue weighted by molar-refractivity contribution is 5.97. The maximum atomic E-state index is 12.5. The number of nitrogens with one attached hydrogen (secondary N) is 1. The second kappa shape index (κ2) is 7.40. The molecule has 0 bridgehead atoms. The summed E-state index contributed by atoms with van der Waals surface area (Å²) in [5.41, 5.74) is -0.118. The molecule has 1 N–H and O–H groups in total. The smallest absolute Gasteiger partial charge is 0.405 e. The second-order valence-electron chi connectivity index (χ2n) is 6.37. The maximum absolute atomic E-state index is 12.5. The molecule has 0 aromatic heterocycles. The van der Waals surface area contributed by atoms with Gasteiger partial charge in [-0.1, -0.05) is 12.1 Å². The number of alkyl halides is 3. The molecule has 1 fully saturated rings.